The van der Waals surface area contributed by atoms with Gasteiger partial charge in [0.25, 0.3) is 0 Å². The molecule has 39 rings (SSSR count). The van der Waals surface area contributed by atoms with Gasteiger partial charge in [0.2, 0.25) is 0 Å². The molecule has 0 radical (unpaired) electrons. The van der Waals surface area contributed by atoms with Crippen LogP contribution in [0.2, 0.25) is 0 Å². The molecule has 0 heterocycles. The van der Waals surface area contributed by atoms with Gasteiger partial charge in [-0.25, -0.2) is 0 Å². The van der Waals surface area contributed by atoms with Gasteiger partial charge < -0.3 is 0 Å². The highest BCUT2D eigenvalue weighted by atomic mass is 14.8. The van der Waals surface area contributed by atoms with Crippen molar-refractivity contribution in [1.82, 2.24) is 0 Å². The summed E-state index contributed by atoms with van der Waals surface area (Å²) in [6.07, 6.45) is 131. The second kappa shape index (κ2) is 44.0. The van der Waals surface area contributed by atoms with Crippen LogP contribution in [0.15, 0.2) is 0 Å². The van der Waals surface area contributed by atoms with E-state index in [1.807, 2.05) is 0 Å². The number of fused-ring (bicyclic) bond motifs is 56. The highest BCUT2D eigenvalue weighted by Gasteiger charge is 2.76. The molecule has 704 valence electrons. The van der Waals surface area contributed by atoms with E-state index in [1.54, 1.807) is 430 Å². The summed E-state index contributed by atoms with van der Waals surface area (Å²) in [5.74, 6) is 47.9. The average Bonchev–Trinajstić information content (AvgIpc) is 1.35. The largest absolute Gasteiger partial charge is 0.0530 e. The third kappa shape index (κ3) is 23.1. The van der Waals surface area contributed by atoms with Crippen LogP contribution in [0.3, 0.4) is 0 Å². The Morgan fingerprint density at radius 3 is 0.444 bits per heavy atom. The molecule has 39 aliphatic rings. The first-order valence-corrected chi connectivity index (χ1v) is 61.4. The van der Waals surface area contributed by atoms with Crippen LogP contribution in [0, 0.1) is 237 Å². The third-order valence-electron chi connectivity index (χ3n) is 48.4. The zero-order valence-corrected chi connectivity index (χ0v) is 82.5. The second-order valence-corrected chi connectivity index (χ2v) is 54.9. The zero-order valence-electron chi connectivity index (χ0n) is 82.5. The van der Waals surface area contributed by atoms with Gasteiger partial charge in [0.15, 0.2) is 0 Å². The van der Waals surface area contributed by atoms with Crippen molar-refractivity contribution in [2.75, 3.05) is 0 Å². The average molecular weight is 1700 g/mol. The summed E-state index contributed by atoms with van der Waals surface area (Å²) in [4.78, 5) is 0. The molecule has 0 aromatic rings. The van der Waals surface area contributed by atoms with E-state index < -0.39 is 0 Å². The molecule has 0 heteroatoms. The quantitative estimate of drug-likeness (QED) is 0.212. The van der Waals surface area contributed by atoms with Gasteiger partial charge in [-0.05, 0) is 397 Å². The van der Waals surface area contributed by atoms with Crippen molar-refractivity contribution in [3.8, 4) is 0 Å². The van der Waals surface area contributed by atoms with Crippen molar-refractivity contribution in [1.29, 1.82) is 0 Å². The van der Waals surface area contributed by atoms with E-state index in [0.29, 0.717) is 0 Å². The molecule has 0 saturated heterocycles. The van der Waals surface area contributed by atoms with Crippen LogP contribution in [0.25, 0.3) is 0 Å². The lowest BCUT2D eigenvalue weighted by atomic mass is 9.66. The number of rotatable bonds is 0. The molecule has 0 aliphatic heterocycles. The Labute approximate surface area is 771 Å². The van der Waals surface area contributed by atoms with Gasteiger partial charge in [-0.15, -0.1) is 0 Å². The van der Waals surface area contributed by atoms with E-state index in [0.717, 1.165) is 82.9 Å². The van der Waals surface area contributed by atoms with Crippen molar-refractivity contribution >= 4 is 0 Å². The topological polar surface area (TPSA) is 0 Å². The molecule has 0 aromatic heterocycles. The van der Waals surface area contributed by atoms with Crippen molar-refractivity contribution in [3.05, 3.63) is 0 Å². The van der Waals surface area contributed by atoms with Gasteiger partial charge in [-0.2, -0.15) is 0 Å². The minimum absolute atomic E-state index is 1.11. The lowest BCUT2D eigenvalue weighted by molar-refractivity contribution is 0.103. The molecular weight excluding hydrogens is 1490 g/mol. The number of hydrogen-bond donors (Lipinski definition) is 0. The molecule has 20 atom stereocenters. The molecular formula is C124H208. The molecule has 0 spiro atoms. The summed E-state index contributed by atoms with van der Waals surface area (Å²) in [5.41, 5.74) is 0. The van der Waals surface area contributed by atoms with Crippen LogP contribution in [-0.2, 0) is 0 Å². The summed E-state index contributed by atoms with van der Waals surface area (Å²) in [6, 6.07) is 0. The molecule has 0 aromatic carbocycles. The predicted molar refractivity (Wildman–Crippen MR) is 527 cm³/mol. The van der Waals surface area contributed by atoms with Crippen LogP contribution in [0.5, 0.6) is 0 Å². The van der Waals surface area contributed by atoms with Crippen molar-refractivity contribution in [3.63, 3.8) is 0 Å². The Morgan fingerprint density at radius 2 is 0.226 bits per heavy atom. The van der Waals surface area contributed by atoms with Crippen LogP contribution in [0.4, 0.5) is 0 Å². The van der Waals surface area contributed by atoms with E-state index in [-0.39, 0.29) is 0 Å². The van der Waals surface area contributed by atoms with E-state index in [2.05, 4.69) is 0 Å². The van der Waals surface area contributed by atoms with Crippen LogP contribution < -0.4 is 0 Å². The normalized spacial score (nSPS) is 51.1. The first kappa shape index (κ1) is 90.5. The van der Waals surface area contributed by atoms with Gasteiger partial charge >= 0.3 is 0 Å². The second-order valence-electron chi connectivity index (χ2n) is 54.9. The maximum atomic E-state index is 1.64. The van der Waals surface area contributed by atoms with Gasteiger partial charge in [0.1, 0.15) is 0 Å². The predicted octanol–water partition coefficient (Wildman–Crippen LogP) is 37.7. The van der Waals surface area contributed by atoms with E-state index >= 15 is 0 Å². The van der Waals surface area contributed by atoms with Gasteiger partial charge in [-0.1, -0.05) is 379 Å². The molecule has 0 amide bonds. The standard InChI is InChI=1S/C12H18.C12H22.2C11H20.C10H16.3C10H18.C9H14.C8H12.C8H14.C7H10.C6H8/c1-2-8-5-7(1)11-9-3-4-10(6-9)12(8)11;1-2-6-12-9-3-7-11(5-1)8-4-10-12;1-4-10-6-2-7-11(5-1)9-3-8-10;1-2-5-11-7-3-6-10(4-1)8-9-11;1-2-9-7-4-5-8(6-7)10(9)3-1;1-3-9-5-2-6-10(4-1)8-7-9;1-2-5-10-7-3-6-9(4-1)8-10;1-2-4-10-7-5-9(3-1)6-8-10;1-2-7-5-6(1)8-3-4-9(7)8;1-2-6-3-5(1)7-4-8(6)7;1-2-8-5-3-7(1)4-6-8;1-2-4-6-5(3-1)7(4)6;1-2-4-5-3(1)6(4)5/h7-12H,1-6H2;11-12H,1-10H2;2*10-11H,1-9H2;7-10H,1-6H2;3*9-10H,1-8H2;6-9H,1-5H2;5-8H,1-4H2;7-8H,1-6H2;4-7H,1-3H2;3-6H,1-2H2. The molecule has 39 aliphatic carbocycles. The van der Waals surface area contributed by atoms with E-state index in [9.17, 15) is 0 Å². The monoisotopic (exact) mass is 1700 g/mol. The summed E-state index contributed by atoms with van der Waals surface area (Å²) in [6.45, 7) is 0. The Bertz CT molecular complexity index is 2770. The fraction of sp³-hybridized carbons (Fsp3) is 1.00. The van der Waals surface area contributed by atoms with Gasteiger partial charge in [0, 0.05) is 0 Å². The van der Waals surface area contributed by atoms with Crippen LogP contribution in [0.1, 0.15) is 539 Å². The Kier molecular flexibility index (Phi) is 32.1. The van der Waals surface area contributed by atoms with Crippen molar-refractivity contribution < 1.29 is 0 Å². The summed E-state index contributed by atoms with van der Waals surface area (Å²) < 4.78 is 0. The van der Waals surface area contributed by atoms with Crippen LogP contribution >= 0.6 is 0 Å². The molecule has 124 heavy (non-hydrogen) atoms. The fourth-order valence-corrected chi connectivity index (χ4v) is 40.9. The number of hydrogen-bond acceptors (Lipinski definition) is 0. The third-order valence-corrected chi connectivity index (χ3v) is 48.4. The first-order valence-electron chi connectivity index (χ1n) is 61.4. The Morgan fingerprint density at radius 1 is 0.0726 bits per heavy atom. The van der Waals surface area contributed by atoms with Crippen molar-refractivity contribution in [2.45, 2.75) is 539 Å². The fourth-order valence-electron chi connectivity index (χ4n) is 40.9. The summed E-state index contributed by atoms with van der Waals surface area (Å²) in [7, 11) is 0. The zero-order chi connectivity index (χ0) is 82.5. The summed E-state index contributed by atoms with van der Waals surface area (Å²) in [5, 5.41) is 0. The van der Waals surface area contributed by atoms with Gasteiger partial charge in [0.05, 0.1) is 0 Å². The molecule has 39 saturated carbocycles. The maximum absolute atomic E-state index is 1.64. The van der Waals surface area contributed by atoms with Crippen LogP contribution in [-0.4, -0.2) is 0 Å². The highest BCUT2D eigenvalue weighted by Crippen LogP contribution is 2.82. The maximum Gasteiger partial charge on any atom is -0.0318 e. The molecule has 0 nitrogen and oxygen atoms in total. The van der Waals surface area contributed by atoms with Crippen molar-refractivity contribution in [2.24, 2.45) is 237 Å². The smallest absolute Gasteiger partial charge is 0.0318 e. The van der Waals surface area contributed by atoms with E-state index in [4.69, 9.17) is 0 Å². The minimum atomic E-state index is 1.11. The molecule has 20 unspecified atom stereocenters. The first-order chi connectivity index (χ1) is 61.4. The SMILES string of the molecule is C1CC2C3C(C1)C23.C1CC2C3C1C23.C1CC2C3CCC(C3)C2C1.C1CC2CC1C1C3CCC(C3)C21.C1CC2CC1C1CC21.C1CC2CC1C1CCC21.C1CC2CCC1CC2.C1CC2CCCC(C1)CC2.C1CC2CCCC(C1)CCC2.C1CCC2CCC(C1)CC2.C1CCC2CCCC(C1)C2.C1CCC2CCCC(C1)CC2.C1CCC2CCCC(C1)CCC2. The summed E-state index contributed by atoms with van der Waals surface area (Å²) >= 11 is 0. The van der Waals surface area contributed by atoms with E-state index in [1.165, 1.54) is 263 Å². The van der Waals surface area contributed by atoms with Gasteiger partial charge in [-0.3, -0.25) is 0 Å². The lowest BCUT2D eigenvalue weighted by Crippen LogP contribution is -2.31. The minimum Gasteiger partial charge on any atom is -0.0530 e. The Balaban J connectivity index is 0.0000000826. The highest BCUT2D eigenvalue weighted by molar-refractivity contribution is 5.24. The molecule has 39 fully saturated rings. The molecule has 0 N–H and O–H groups in total. The Hall–Kier alpha value is 0. The lowest BCUT2D eigenvalue weighted by Gasteiger charge is -2.40. The molecule has 28 bridgehead atoms.